The van der Waals surface area contributed by atoms with E-state index in [0.717, 1.165) is 45.9 Å². The van der Waals surface area contributed by atoms with Crippen molar-refractivity contribution >= 4 is 17.2 Å². The van der Waals surface area contributed by atoms with Crippen LogP contribution in [-0.4, -0.2) is 5.78 Å². The van der Waals surface area contributed by atoms with E-state index in [2.05, 4.69) is 59.2 Å². The highest BCUT2D eigenvalue weighted by Crippen LogP contribution is 2.44. The van der Waals surface area contributed by atoms with Crippen LogP contribution in [0.15, 0.2) is 120 Å². The van der Waals surface area contributed by atoms with E-state index in [1.54, 1.807) is 0 Å². The number of anilines is 2. The minimum absolute atomic E-state index is 0.171. The number of hydrogen-bond acceptors (Lipinski definition) is 4. The molecule has 2 N–H and O–H groups in total. The van der Waals surface area contributed by atoms with E-state index in [0.29, 0.717) is 13.0 Å². The topological polar surface area (TPSA) is 50.4 Å². The van der Waals surface area contributed by atoms with Gasteiger partial charge in [0.15, 0.2) is 5.78 Å². The molecule has 0 unspecified atom stereocenters. The van der Waals surface area contributed by atoms with Crippen molar-refractivity contribution < 1.29 is 9.53 Å². The summed E-state index contributed by atoms with van der Waals surface area (Å²) in [6, 6.07) is 36.5. The Morgan fingerprint density at radius 3 is 2.11 bits per heavy atom. The highest BCUT2D eigenvalue weighted by Gasteiger charge is 2.36. The molecule has 4 nitrogen and oxygen atoms in total. The molecule has 2 aliphatic rings. The summed E-state index contributed by atoms with van der Waals surface area (Å²) < 4.78 is 5.99. The quantitative estimate of drug-likeness (QED) is 0.321. The van der Waals surface area contributed by atoms with Gasteiger partial charge in [0.1, 0.15) is 12.4 Å². The zero-order valence-corrected chi connectivity index (χ0v) is 20.0. The molecule has 6 rings (SSSR count). The van der Waals surface area contributed by atoms with E-state index in [-0.39, 0.29) is 17.7 Å². The molecule has 4 aromatic rings. The zero-order chi connectivity index (χ0) is 24.3. The van der Waals surface area contributed by atoms with Crippen LogP contribution in [0, 0.1) is 0 Å². The number of carbonyl (C=O) groups is 1. The summed E-state index contributed by atoms with van der Waals surface area (Å²) in [6.07, 6.45) is 1.31. The number of carbonyl (C=O) groups excluding carboxylic acids is 1. The molecule has 0 saturated carbocycles. The number of fused-ring (bicyclic) bond motifs is 1. The van der Waals surface area contributed by atoms with Crippen LogP contribution in [0.4, 0.5) is 11.4 Å². The molecule has 178 valence electrons. The third-order valence-corrected chi connectivity index (χ3v) is 7.04. The number of rotatable bonds is 5. The van der Waals surface area contributed by atoms with Crippen molar-refractivity contribution in [1.29, 1.82) is 0 Å². The highest BCUT2D eigenvalue weighted by molar-refractivity contribution is 6.01. The van der Waals surface area contributed by atoms with Crippen molar-refractivity contribution in [3.05, 3.63) is 137 Å². The van der Waals surface area contributed by atoms with E-state index < -0.39 is 0 Å². The number of benzene rings is 4. The number of ether oxygens (including phenoxy) is 1. The minimum atomic E-state index is -0.233. The van der Waals surface area contributed by atoms with Crippen molar-refractivity contribution in [1.82, 2.24) is 0 Å². The van der Waals surface area contributed by atoms with Crippen molar-refractivity contribution in [2.24, 2.45) is 0 Å². The van der Waals surface area contributed by atoms with Crippen LogP contribution < -0.4 is 15.4 Å². The smallest absolute Gasteiger partial charge is 0.163 e. The first-order valence-electron chi connectivity index (χ1n) is 12.4. The van der Waals surface area contributed by atoms with E-state index >= 15 is 0 Å². The Balaban J connectivity index is 1.32. The predicted molar refractivity (Wildman–Crippen MR) is 144 cm³/mol. The molecule has 1 aliphatic heterocycles. The van der Waals surface area contributed by atoms with Gasteiger partial charge in [-0.05, 0) is 53.3 Å². The molecule has 0 bridgehead atoms. The molecule has 0 amide bonds. The molecule has 0 aromatic heterocycles. The maximum absolute atomic E-state index is 13.7. The first-order chi connectivity index (χ1) is 17.7. The summed E-state index contributed by atoms with van der Waals surface area (Å²) in [7, 11) is 0. The van der Waals surface area contributed by atoms with Crippen LogP contribution in [0.2, 0.25) is 0 Å². The summed E-state index contributed by atoms with van der Waals surface area (Å²) in [4.78, 5) is 13.7. The molecule has 4 heteroatoms. The molecule has 36 heavy (non-hydrogen) atoms. The summed E-state index contributed by atoms with van der Waals surface area (Å²) in [5.74, 6) is 1.17. The van der Waals surface area contributed by atoms with Crippen LogP contribution in [0.1, 0.15) is 41.5 Å². The lowest BCUT2D eigenvalue weighted by Gasteiger charge is -2.30. The third kappa shape index (κ3) is 4.50. The first-order valence-corrected chi connectivity index (χ1v) is 12.4. The van der Waals surface area contributed by atoms with Gasteiger partial charge in [-0.3, -0.25) is 4.79 Å². The van der Waals surface area contributed by atoms with E-state index in [9.17, 15) is 4.79 Å². The fraction of sp³-hybridized carbons (Fsp3) is 0.156. The normalized spacial score (nSPS) is 18.8. The molecule has 0 fully saturated rings. The van der Waals surface area contributed by atoms with Crippen LogP contribution in [0.5, 0.6) is 5.75 Å². The highest BCUT2D eigenvalue weighted by atomic mass is 16.5. The van der Waals surface area contributed by atoms with Gasteiger partial charge in [0.25, 0.3) is 0 Å². The second-order valence-electron chi connectivity index (χ2n) is 9.42. The van der Waals surface area contributed by atoms with Crippen molar-refractivity contribution in [3.8, 4) is 5.75 Å². The Kier molecular flexibility index (Phi) is 6.00. The largest absolute Gasteiger partial charge is 0.489 e. The van der Waals surface area contributed by atoms with Gasteiger partial charge in [-0.1, -0.05) is 84.9 Å². The summed E-state index contributed by atoms with van der Waals surface area (Å²) >= 11 is 0. The lowest BCUT2D eigenvalue weighted by atomic mass is 9.78. The molecule has 1 heterocycles. The lowest BCUT2D eigenvalue weighted by Crippen LogP contribution is -2.26. The zero-order valence-electron chi connectivity index (χ0n) is 20.0. The fourth-order valence-corrected chi connectivity index (χ4v) is 5.20. The minimum Gasteiger partial charge on any atom is -0.489 e. The van der Waals surface area contributed by atoms with Gasteiger partial charge in [0.05, 0.1) is 17.4 Å². The molecule has 0 radical (unpaired) electrons. The van der Waals surface area contributed by atoms with E-state index in [1.165, 1.54) is 5.56 Å². The van der Waals surface area contributed by atoms with E-state index in [1.807, 2.05) is 60.7 Å². The van der Waals surface area contributed by atoms with Gasteiger partial charge in [-0.15, -0.1) is 0 Å². The van der Waals surface area contributed by atoms with Gasteiger partial charge >= 0.3 is 0 Å². The summed E-state index contributed by atoms with van der Waals surface area (Å²) in [6.45, 7) is 0.522. The number of Topliss-reactive ketones (excluding diaryl/α,β-unsaturated/α-hetero) is 1. The van der Waals surface area contributed by atoms with Crippen molar-refractivity contribution in [2.45, 2.75) is 31.4 Å². The standard InChI is InChI=1S/C32H28N2O2/c35-30-20-25(23-11-5-2-6-12-23)19-29-31(30)32(34-28-14-8-7-13-27(28)33-29)24-15-17-26(18-16-24)36-21-22-9-3-1-4-10-22/h1-18,25,32-34H,19-21H2/t25-,32-/m1/s1. The molecule has 0 spiro atoms. The van der Waals surface area contributed by atoms with E-state index in [4.69, 9.17) is 4.74 Å². The van der Waals surface area contributed by atoms with Gasteiger partial charge in [-0.25, -0.2) is 0 Å². The SMILES string of the molecule is O=C1C[C@H](c2ccccc2)CC2=C1[C@@H](c1ccc(OCc3ccccc3)cc1)Nc1ccccc1N2. The molecule has 4 aromatic carbocycles. The van der Waals surface area contributed by atoms with Gasteiger partial charge < -0.3 is 15.4 Å². The number of para-hydroxylation sites is 2. The maximum atomic E-state index is 13.7. The number of allylic oxidation sites excluding steroid dienone is 1. The molecule has 1 aliphatic carbocycles. The van der Waals surface area contributed by atoms with Crippen molar-refractivity contribution in [2.75, 3.05) is 10.6 Å². The molecular formula is C32H28N2O2. The third-order valence-electron chi connectivity index (χ3n) is 7.04. The molecule has 2 atom stereocenters. The fourth-order valence-electron chi connectivity index (χ4n) is 5.20. The lowest BCUT2D eigenvalue weighted by molar-refractivity contribution is -0.116. The average molecular weight is 473 g/mol. The Morgan fingerprint density at radius 1 is 0.694 bits per heavy atom. The van der Waals surface area contributed by atoms with Gasteiger partial charge in [0.2, 0.25) is 0 Å². The Morgan fingerprint density at radius 2 is 1.36 bits per heavy atom. The second kappa shape index (κ2) is 9.74. The van der Waals surface area contributed by atoms with Crippen LogP contribution >= 0.6 is 0 Å². The Labute approximate surface area is 211 Å². The Hall–Kier alpha value is -4.31. The average Bonchev–Trinajstić information content (AvgIpc) is 3.10. The maximum Gasteiger partial charge on any atom is 0.163 e. The monoisotopic (exact) mass is 472 g/mol. The second-order valence-corrected chi connectivity index (χ2v) is 9.42. The Bertz CT molecular complexity index is 1400. The number of nitrogens with one attached hydrogen (secondary N) is 2. The summed E-state index contributed by atoms with van der Waals surface area (Å²) in [5, 5.41) is 7.27. The van der Waals surface area contributed by atoms with Gasteiger partial charge in [0, 0.05) is 17.7 Å². The first kappa shape index (κ1) is 22.2. The van der Waals surface area contributed by atoms with Crippen LogP contribution in [0.25, 0.3) is 0 Å². The number of hydrogen-bond donors (Lipinski definition) is 2. The molecule has 0 saturated heterocycles. The van der Waals surface area contributed by atoms with Crippen molar-refractivity contribution in [3.63, 3.8) is 0 Å². The number of ketones is 1. The van der Waals surface area contributed by atoms with Crippen LogP contribution in [-0.2, 0) is 11.4 Å². The summed E-state index contributed by atoms with van der Waals surface area (Å²) in [5.41, 5.74) is 7.21. The van der Waals surface area contributed by atoms with Crippen LogP contribution in [0.3, 0.4) is 0 Å². The van der Waals surface area contributed by atoms with Gasteiger partial charge in [-0.2, -0.15) is 0 Å². The predicted octanol–water partition coefficient (Wildman–Crippen LogP) is 7.25. The molecular weight excluding hydrogens is 444 g/mol.